The first-order valence-corrected chi connectivity index (χ1v) is 9.24. The molecule has 0 bridgehead atoms. The van der Waals surface area contributed by atoms with Crippen LogP contribution in [0.5, 0.6) is 0 Å². The lowest BCUT2D eigenvalue weighted by Gasteiger charge is -2.31. The van der Waals surface area contributed by atoms with Crippen molar-refractivity contribution in [3.63, 3.8) is 0 Å². The minimum absolute atomic E-state index is 0.146. The van der Waals surface area contributed by atoms with Gasteiger partial charge in [0.2, 0.25) is 5.91 Å². The molecule has 2 rings (SSSR count). The average Bonchev–Trinajstić information content (AvgIpc) is 2.43. The molecule has 1 aliphatic rings. The molecule has 122 valence electrons. The fourth-order valence-corrected chi connectivity index (χ4v) is 3.69. The molecule has 0 aromatic heterocycles. The van der Waals surface area contributed by atoms with Gasteiger partial charge >= 0.3 is 0 Å². The highest BCUT2D eigenvalue weighted by Crippen LogP contribution is 2.37. The van der Waals surface area contributed by atoms with Crippen LogP contribution in [0.25, 0.3) is 0 Å². The maximum Gasteiger partial charge on any atom is 0.242 e. The van der Waals surface area contributed by atoms with E-state index in [9.17, 15) is 17.6 Å². The van der Waals surface area contributed by atoms with Crippen LogP contribution in [0, 0.1) is 12.7 Å². The van der Waals surface area contributed by atoms with Crippen LogP contribution in [0.3, 0.4) is 0 Å². The second-order valence-electron chi connectivity index (χ2n) is 5.80. The van der Waals surface area contributed by atoms with E-state index in [-0.39, 0.29) is 5.02 Å². The van der Waals surface area contributed by atoms with Gasteiger partial charge in [0.05, 0.1) is 16.0 Å². The number of sulfone groups is 1. The summed E-state index contributed by atoms with van der Waals surface area (Å²) < 4.78 is 37.7. The SMILES string of the molecule is Cc1c(F)cc(Cl)c2c1CCCN2C(=O)CS(=O)(=O)C(C)C. The molecular weight excluding hydrogens is 329 g/mol. The highest BCUT2D eigenvalue weighted by molar-refractivity contribution is 7.92. The summed E-state index contributed by atoms with van der Waals surface area (Å²) >= 11 is 6.11. The van der Waals surface area contributed by atoms with Crippen LogP contribution in [-0.4, -0.2) is 31.9 Å². The summed E-state index contributed by atoms with van der Waals surface area (Å²) in [5.41, 5.74) is 1.60. The van der Waals surface area contributed by atoms with E-state index >= 15 is 0 Å². The third-order valence-electron chi connectivity index (χ3n) is 4.00. The largest absolute Gasteiger partial charge is 0.310 e. The highest BCUT2D eigenvalue weighted by atomic mass is 35.5. The molecule has 1 amide bonds. The van der Waals surface area contributed by atoms with Gasteiger partial charge in [-0.2, -0.15) is 0 Å². The summed E-state index contributed by atoms with van der Waals surface area (Å²) in [5.74, 6) is -1.48. The number of carbonyl (C=O) groups is 1. The van der Waals surface area contributed by atoms with Crippen LogP contribution in [-0.2, 0) is 21.1 Å². The Morgan fingerprint density at radius 3 is 2.68 bits per heavy atom. The molecule has 1 aromatic carbocycles. The molecule has 4 nitrogen and oxygen atoms in total. The van der Waals surface area contributed by atoms with Crippen molar-refractivity contribution in [2.24, 2.45) is 0 Å². The summed E-state index contributed by atoms with van der Waals surface area (Å²) in [5, 5.41) is -0.473. The van der Waals surface area contributed by atoms with E-state index in [0.717, 1.165) is 0 Å². The molecule has 0 saturated heterocycles. The van der Waals surface area contributed by atoms with E-state index in [1.165, 1.54) is 11.0 Å². The number of hydrogen-bond donors (Lipinski definition) is 0. The molecule has 1 aliphatic heterocycles. The first-order valence-electron chi connectivity index (χ1n) is 7.14. The number of rotatable bonds is 3. The van der Waals surface area contributed by atoms with Crippen molar-refractivity contribution in [1.82, 2.24) is 0 Å². The number of carbonyl (C=O) groups excluding carboxylic acids is 1. The Hall–Kier alpha value is -1.14. The van der Waals surface area contributed by atoms with Crippen molar-refractivity contribution < 1.29 is 17.6 Å². The Morgan fingerprint density at radius 2 is 2.09 bits per heavy atom. The van der Waals surface area contributed by atoms with Crippen LogP contribution in [0.4, 0.5) is 10.1 Å². The van der Waals surface area contributed by atoms with Gasteiger partial charge in [0.25, 0.3) is 0 Å². The van der Waals surface area contributed by atoms with Gasteiger partial charge in [0.15, 0.2) is 9.84 Å². The Bertz CT molecular complexity index is 716. The molecule has 0 aliphatic carbocycles. The van der Waals surface area contributed by atoms with Crippen molar-refractivity contribution in [1.29, 1.82) is 0 Å². The predicted molar refractivity (Wildman–Crippen MR) is 85.7 cm³/mol. The van der Waals surface area contributed by atoms with E-state index in [1.807, 2.05) is 0 Å². The topological polar surface area (TPSA) is 54.5 Å². The number of nitrogens with zero attached hydrogens (tertiary/aromatic N) is 1. The zero-order valence-electron chi connectivity index (χ0n) is 12.8. The first kappa shape index (κ1) is 17.2. The van der Waals surface area contributed by atoms with Gasteiger partial charge in [-0.1, -0.05) is 11.6 Å². The number of hydrogen-bond acceptors (Lipinski definition) is 3. The van der Waals surface area contributed by atoms with Crippen molar-refractivity contribution >= 4 is 33.0 Å². The van der Waals surface area contributed by atoms with E-state index < -0.39 is 32.6 Å². The quantitative estimate of drug-likeness (QED) is 0.844. The Balaban J connectivity index is 2.42. The van der Waals surface area contributed by atoms with Crippen LogP contribution < -0.4 is 4.90 Å². The zero-order chi connectivity index (χ0) is 16.7. The van der Waals surface area contributed by atoms with E-state index in [1.54, 1.807) is 20.8 Å². The molecule has 0 fully saturated rings. The third-order valence-corrected chi connectivity index (χ3v) is 6.37. The standard InChI is InChI=1S/C15H19ClFNO3S/c1-9(2)22(20,21)8-14(19)18-6-4-5-11-10(3)13(17)7-12(16)15(11)18/h7,9H,4-6,8H2,1-3H3. The smallest absolute Gasteiger partial charge is 0.242 e. The van der Waals surface area contributed by atoms with Crippen LogP contribution in [0.1, 0.15) is 31.4 Å². The fourth-order valence-electron chi connectivity index (χ4n) is 2.54. The molecule has 1 heterocycles. The molecule has 1 aromatic rings. The van der Waals surface area contributed by atoms with Crippen molar-refractivity contribution in [3.8, 4) is 0 Å². The fraction of sp³-hybridized carbons (Fsp3) is 0.533. The van der Waals surface area contributed by atoms with Gasteiger partial charge < -0.3 is 4.90 Å². The van der Waals surface area contributed by atoms with Gasteiger partial charge in [-0.05, 0) is 50.8 Å². The van der Waals surface area contributed by atoms with Crippen LogP contribution >= 0.6 is 11.6 Å². The monoisotopic (exact) mass is 347 g/mol. The van der Waals surface area contributed by atoms with Gasteiger partial charge in [-0.3, -0.25) is 4.79 Å². The minimum atomic E-state index is -3.49. The molecule has 0 radical (unpaired) electrons. The van der Waals surface area contributed by atoms with Crippen molar-refractivity contribution in [2.45, 2.75) is 38.9 Å². The lowest BCUT2D eigenvalue weighted by Crippen LogP contribution is -2.41. The number of amides is 1. The maximum atomic E-state index is 13.8. The molecule has 0 unspecified atom stereocenters. The van der Waals surface area contributed by atoms with E-state index in [2.05, 4.69) is 0 Å². The van der Waals surface area contributed by atoms with E-state index in [4.69, 9.17) is 11.6 Å². The second kappa shape index (κ2) is 6.16. The zero-order valence-corrected chi connectivity index (χ0v) is 14.4. The summed E-state index contributed by atoms with van der Waals surface area (Å²) in [6.07, 6.45) is 1.28. The summed E-state index contributed by atoms with van der Waals surface area (Å²) in [4.78, 5) is 13.8. The minimum Gasteiger partial charge on any atom is -0.310 e. The van der Waals surface area contributed by atoms with Crippen molar-refractivity contribution in [2.75, 3.05) is 17.2 Å². The number of benzene rings is 1. The van der Waals surface area contributed by atoms with E-state index in [0.29, 0.717) is 36.2 Å². The second-order valence-corrected chi connectivity index (χ2v) is 8.76. The maximum absolute atomic E-state index is 13.8. The number of fused-ring (bicyclic) bond motifs is 1. The molecule has 0 saturated carbocycles. The molecule has 7 heteroatoms. The van der Waals surface area contributed by atoms with Gasteiger partial charge in [-0.25, -0.2) is 12.8 Å². The lowest BCUT2D eigenvalue weighted by molar-refractivity contribution is -0.116. The first-order chi connectivity index (χ1) is 10.1. The Labute approximate surface area is 135 Å². The van der Waals surface area contributed by atoms with Crippen LogP contribution in [0.15, 0.2) is 6.07 Å². The average molecular weight is 348 g/mol. The molecule has 0 N–H and O–H groups in total. The summed E-state index contributed by atoms with van der Waals surface area (Å²) in [7, 11) is -3.49. The van der Waals surface area contributed by atoms with Gasteiger partial charge in [-0.15, -0.1) is 0 Å². The normalized spacial score (nSPS) is 15.1. The Morgan fingerprint density at radius 1 is 1.45 bits per heavy atom. The number of halogens is 2. The van der Waals surface area contributed by atoms with Gasteiger partial charge in [0, 0.05) is 6.54 Å². The third kappa shape index (κ3) is 3.13. The number of anilines is 1. The highest BCUT2D eigenvalue weighted by Gasteiger charge is 2.31. The van der Waals surface area contributed by atoms with Crippen LogP contribution in [0.2, 0.25) is 5.02 Å². The van der Waals surface area contributed by atoms with Crippen molar-refractivity contribution in [3.05, 3.63) is 28.0 Å². The molecular formula is C15H19ClFNO3S. The summed E-state index contributed by atoms with van der Waals surface area (Å²) in [6.45, 7) is 5.12. The van der Waals surface area contributed by atoms with Gasteiger partial charge in [0.1, 0.15) is 11.6 Å². The summed E-state index contributed by atoms with van der Waals surface area (Å²) in [6, 6.07) is 1.18. The molecule has 0 atom stereocenters. The molecule has 22 heavy (non-hydrogen) atoms. The lowest BCUT2D eigenvalue weighted by atomic mass is 9.96. The predicted octanol–water partition coefficient (Wildman–Crippen LogP) is 2.89. The Kier molecular flexibility index (Phi) is 4.82. The molecule has 0 spiro atoms.